The number of aromatic nitrogens is 1. The second kappa shape index (κ2) is 21.3. The van der Waals surface area contributed by atoms with Crippen LogP contribution >= 0.6 is 0 Å². The molecule has 0 saturated carbocycles. The number of aliphatic hydroxyl groups excluding tert-OH is 1. The van der Waals surface area contributed by atoms with Crippen molar-refractivity contribution in [3.63, 3.8) is 0 Å². The number of aromatic amines is 1. The number of carbonyl (C=O) groups excluding carboxylic acids is 2. The quantitative estimate of drug-likeness (QED) is 0.0997. The molecule has 2 N–H and O–H groups in total. The van der Waals surface area contributed by atoms with Gasteiger partial charge in [-0.05, 0) is 148 Å². The summed E-state index contributed by atoms with van der Waals surface area (Å²) in [7, 11) is 1.32. The van der Waals surface area contributed by atoms with Gasteiger partial charge in [0.25, 0.3) is 0 Å². The molecular formula is C55H74N4O5. The summed E-state index contributed by atoms with van der Waals surface area (Å²) in [5.41, 5.74) is 13.4. The smallest absolute Gasteiger partial charge is 0.321 e. The molecule has 0 saturated heterocycles. The normalized spacial score (nSPS) is 19.3. The number of hydrogen-bond acceptors (Lipinski definition) is 8. The summed E-state index contributed by atoms with van der Waals surface area (Å²) in [4.78, 5) is 46.2. The van der Waals surface area contributed by atoms with E-state index in [9.17, 15) is 14.7 Å². The van der Waals surface area contributed by atoms with Gasteiger partial charge in [0.05, 0.1) is 41.3 Å². The van der Waals surface area contributed by atoms with Crippen molar-refractivity contribution in [3.8, 4) is 0 Å². The molecule has 4 aliphatic heterocycles. The molecule has 1 aromatic rings. The predicted octanol–water partition coefficient (Wildman–Crippen LogP) is 11.6. The molecule has 6 rings (SSSR count). The van der Waals surface area contributed by atoms with E-state index >= 15 is 0 Å². The summed E-state index contributed by atoms with van der Waals surface area (Å²) in [6.45, 7) is 24.2. The fourth-order valence-corrected chi connectivity index (χ4v) is 10.0. The molecule has 8 bridgehead atoms. The second-order valence-electron chi connectivity index (χ2n) is 19.3. The van der Waals surface area contributed by atoms with Gasteiger partial charge in [-0.25, -0.2) is 15.0 Å². The number of hydrogen-bond donors (Lipinski definition) is 2. The van der Waals surface area contributed by atoms with Crippen molar-refractivity contribution in [1.82, 2.24) is 4.98 Å². The Hall–Kier alpha value is -5.05. The molecule has 344 valence electrons. The van der Waals surface area contributed by atoms with Gasteiger partial charge in [-0.3, -0.25) is 9.59 Å². The summed E-state index contributed by atoms with van der Waals surface area (Å²) in [5, 5.41) is 13.8. The summed E-state index contributed by atoms with van der Waals surface area (Å²) < 4.78 is 11.1. The first-order valence-electron chi connectivity index (χ1n) is 24.2. The molecule has 0 fully saturated rings. The van der Waals surface area contributed by atoms with Gasteiger partial charge >= 0.3 is 11.9 Å². The first kappa shape index (κ1) is 48.4. The van der Waals surface area contributed by atoms with Crippen LogP contribution in [0, 0.1) is 30.6 Å². The van der Waals surface area contributed by atoms with E-state index in [2.05, 4.69) is 73.4 Å². The van der Waals surface area contributed by atoms with Crippen molar-refractivity contribution in [2.24, 2.45) is 38.6 Å². The highest BCUT2D eigenvalue weighted by Crippen LogP contribution is 2.48. The largest absolute Gasteiger partial charge is 0.510 e. The molecule has 1 aromatic heterocycles. The van der Waals surface area contributed by atoms with E-state index in [0.29, 0.717) is 40.4 Å². The van der Waals surface area contributed by atoms with Gasteiger partial charge in [-0.1, -0.05) is 92.1 Å². The molecule has 0 aromatic carbocycles. The van der Waals surface area contributed by atoms with Gasteiger partial charge in [0.2, 0.25) is 0 Å². The van der Waals surface area contributed by atoms with Crippen LogP contribution in [0.1, 0.15) is 157 Å². The number of aliphatic imine (C=N–C) groups is 3. The minimum absolute atomic E-state index is 0.109. The molecule has 3 atom stereocenters. The summed E-state index contributed by atoms with van der Waals surface area (Å²) in [6, 6.07) is 0. The fraction of sp³-hybridized carbons (Fsp3) is 0.545. The summed E-state index contributed by atoms with van der Waals surface area (Å²) >= 11 is 0. The number of ether oxygens (including phenoxy) is 2. The number of carbonyl (C=O) groups is 2. The minimum atomic E-state index is -1.12. The number of H-pyrrole nitrogens is 1. The Morgan fingerprint density at radius 1 is 0.797 bits per heavy atom. The van der Waals surface area contributed by atoms with Gasteiger partial charge < -0.3 is 19.6 Å². The third kappa shape index (κ3) is 10.6. The van der Waals surface area contributed by atoms with Crippen LogP contribution in [-0.2, 0) is 25.5 Å². The lowest BCUT2D eigenvalue weighted by Gasteiger charge is -2.15. The van der Waals surface area contributed by atoms with Gasteiger partial charge in [0.1, 0.15) is 18.3 Å². The minimum Gasteiger partial charge on any atom is -0.510 e. The maximum atomic E-state index is 13.6. The van der Waals surface area contributed by atoms with E-state index in [1.165, 1.54) is 63.2 Å². The number of esters is 2. The van der Waals surface area contributed by atoms with Crippen LogP contribution in [0.2, 0.25) is 0 Å². The number of aliphatic hydroxyl groups is 1. The molecule has 0 unspecified atom stereocenters. The molecule has 0 radical (unpaired) electrons. The van der Waals surface area contributed by atoms with Crippen LogP contribution in [0.25, 0.3) is 12.2 Å². The molecule has 0 spiro atoms. The van der Waals surface area contributed by atoms with Crippen molar-refractivity contribution in [2.45, 2.75) is 160 Å². The van der Waals surface area contributed by atoms with Crippen LogP contribution in [0.4, 0.5) is 0 Å². The van der Waals surface area contributed by atoms with Gasteiger partial charge in [0, 0.05) is 28.3 Å². The van der Waals surface area contributed by atoms with E-state index in [1.807, 2.05) is 32.1 Å². The van der Waals surface area contributed by atoms with E-state index in [-0.39, 0.29) is 24.8 Å². The third-order valence-corrected chi connectivity index (χ3v) is 14.1. The highest BCUT2D eigenvalue weighted by atomic mass is 16.5. The SMILES string of the molecule is CCC1=C(C)C2=NC1=CC1=C(C)C3=C(O)[C@H](C(=O)OC)C(=C4N=C(C=c5[nH]c(c(CC)c5C)=C2)C(C)=C4CCC(=O)OC/C=C(\C)CCC[C@H](C)CCC[C@H](C)CCCC(C)C)C3=N1. The first-order chi connectivity index (χ1) is 30.6. The van der Waals surface area contributed by atoms with Crippen LogP contribution in [0.3, 0.4) is 0 Å². The first-order valence-corrected chi connectivity index (χ1v) is 24.2. The highest BCUT2D eigenvalue weighted by Gasteiger charge is 2.47. The molecule has 5 aliphatic rings. The molecular weight excluding hydrogens is 797 g/mol. The zero-order chi connectivity index (χ0) is 46.4. The molecule has 0 amide bonds. The number of nitrogens with zero attached hydrogens (tertiary/aromatic N) is 3. The van der Waals surface area contributed by atoms with Crippen molar-refractivity contribution in [2.75, 3.05) is 13.7 Å². The second-order valence-corrected chi connectivity index (χ2v) is 19.3. The summed E-state index contributed by atoms with van der Waals surface area (Å²) in [6.07, 6.45) is 21.6. The number of rotatable bonds is 20. The molecule has 1 aliphatic carbocycles. The molecule has 64 heavy (non-hydrogen) atoms. The van der Waals surface area contributed by atoms with Crippen molar-refractivity contribution >= 4 is 41.2 Å². The standard InChI is InChI=1S/C55H74N4O5/c1-13-39-35(8)42-28-44-37(10)41(24-25-48(60)64-27-26-34(7)23-17-22-33(6)21-16-20-32(5)19-15-18-31(3)4)52(58-44)50-51(55(62)63-12)54(61)49-38(11)45(59-53(49)50)30-47-40(14-2)36(9)43(57-47)29-46(39)56-42/h26,28-33,51,56,61H,13-25,27H2,1-12H3/b34-26+,42-28?,46-29?,47-30?,52-50?/t32-,33-,51-/m1/s1. The average Bonchev–Trinajstić information content (AvgIpc) is 3.99. The number of nitrogens with one attached hydrogen (secondary N) is 1. The van der Waals surface area contributed by atoms with Crippen LogP contribution in [0.5, 0.6) is 0 Å². The molecule has 9 nitrogen and oxygen atoms in total. The predicted molar refractivity (Wildman–Crippen MR) is 263 cm³/mol. The Balaban J connectivity index is 1.22. The number of allylic oxidation sites excluding steroid dienone is 8. The Kier molecular flexibility index (Phi) is 16.1. The zero-order valence-corrected chi connectivity index (χ0v) is 40.9. The van der Waals surface area contributed by atoms with E-state index < -0.39 is 11.9 Å². The van der Waals surface area contributed by atoms with Gasteiger partial charge in [0.15, 0.2) is 0 Å². The van der Waals surface area contributed by atoms with Crippen molar-refractivity contribution in [3.05, 3.63) is 101 Å². The van der Waals surface area contributed by atoms with Crippen LogP contribution < -0.4 is 10.7 Å². The number of methoxy groups -OCH3 is 1. The van der Waals surface area contributed by atoms with Gasteiger partial charge in [-0.2, -0.15) is 0 Å². The van der Waals surface area contributed by atoms with Crippen molar-refractivity contribution < 1.29 is 24.2 Å². The maximum absolute atomic E-state index is 13.6. The lowest BCUT2D eigenvalue weighted by Crippen LogP contribution is -2.21. The molecule has 5 heterocycles. The van der Waals surface area contributed by atoms with Crippen molar-refractivity contribution in [1.29, 1.82) is 0 Å². The highest BCUT2D eigenvalue weighted by molar-refractivity contribution is 6.27. The Morgan fingerprint density at radius 2 is 1.44 bits per heavy atom. The monoisotopic (exact) mass is 871 g/mol. The van der Waals surface area contributed by atoms with Gasteiger partial charge in [-0.15, -0.1) is 0 Å². The van der Waals surface area contributed by atoms with Crippen LogP contribution in [-0.4, -0.2) is 52.9 Å². The zero-order valence-electron chi connectivity index (χ0n) is 40.9. The van der Waals surface area contributed by atoms with E-state index in [0.717, 1.165) is 99.0 Å². The van der Waals surface area contributed by atoms with Crippen LogP contribution in [0.15, 0.2) is 94.6 Å². The lowest BCUT2D eigenvalue weighted by molar-refractivity contribution is -0.144. The van der Waals surface area contributed by atoms with E-state index in [1.54, 1.807) is 0 Å². The summed E-state index contributed by atoms with van der Waals surface area (Å²) in [5.74, 6) is 0.198. The Bertz CT molecular complexity index is 2490. The maximum Gasteiger partial charge on any atom is 0.321 e. The lowest BCUT2D eigenvalue weighted by atomic mass is 9.91. The Labute approximate surface area is 382 Å². The number of fused-ring (bicyclic) bond motifs is 5. The Morgan fingerprint density at radius 3 is 2.09 bits per heavy atom. The van der Waals surface area contributed by atoms with E-state index in [4.69, 9.17) is 24.5 Å². The molecule has 9 heteroatoms. The third-order valence-electron chi connectivity index (χ3n) is 14.1. The average molecular weight is 871 g/mol. The topological polar surface area (TPSA) is 126 Å². The fourth-order valence-electron chi connectivity index (χ4n) is 10.0.